The summed E-state index contributed by atoms with van der Waals surface area (Å²) in [6.45, 7) is 6.02. The van der Waals surface area contributed by atoms with Crippen LogP contribution in [-0.2, 0) is 11.4 Å². The van der Waals surface area contributed by atoms with E-state index in [0.29, 0.717) is 23.3 Å². The van der Waals surface area contributed by atoms with Gasteiger partial charge < -0.3 is 14.6 Å². The molecule has 1 aliphatic rings. The minimum atomic E-state index is -0.967. The number of ether oxygens (including phenoxy) is 2. The number of halogens is 3. The SMILES string of the molecule is CC[C@H](CC(=O)O)c1cc(F)cc(OCc2cc([C@H]3CCCC3(C)C)c(-c3cc(OC)ccc3F)cc2F)c1. The van der Waals surface area contributed by atoms with Crippen molar-refractivity contribution < 1.29 is 32.5 Å². The zero-order chi connectivity index (χ0) is 28.3. The second kappa shape index (κ2) is 11.7. The van der Waals surface area contributed by atoms with Crippen molar-refractivity contribution in [2.24, 2.45) is 5.41 Å². The van der Waals surface area contributed by atoms with Crippen molar-refractivity contribution in [3.63, 3.8) is 0 Å². The Labute approximate surface area is 227 Å². The summed E-state index contributed by atoms with van der Waals surface area (Å²) in [5, 5.41) is 9.20. The third-order valence-electron chi connectivity index (χ3n) is 7.99. The van der Waals surface area contributed by atoms with Gasteiger partial charge in [0.15, 0.2) is 0 Å². The van der Waals surface area contributed by atoms with E-state index in [-0.39, 0.29) is 47.2 Å². The van der Waals surface area contributed by atoms with Gasteiger partial charge in [0, 0.05) is 17.2 Å². The van der Waals surface area contributed by atoms with Gasteiger partial charge in [0.1, 0.15) is 35.6 Å². The predicted octanol–water partition coefficient (Wildman–Crippen LogP) is 8.62. The highest BCUT2D eigenvalue weighted by Crippen LogP contribution is 2.51. The number of carbonyl (C=O) groups is 1. The molecule has 208 valence electrons. The van der Waals surface area contributed by atoms with Gasteiger partial charge in [-0.25, -0.2) is 13.2 Å². The van der Waals surface area contributed by atoms with Crippen LogP contribution in [0.5, 0.6) is 11.5 Å². The fraction of sp³-hybridized carbons (Fsp3) is 0.406. The number of benzene rings is 3. The van der Waals surface area contributed by atoms with Crippen LogP contribution in [0.3, 0.4) is 0 Å². The molecule has 1 aliphatic carbocycles. The van der Waals surface area contributed by atoms with Crippen LogP contribution in [0, 0.1) is 22.9 Å². The summed E-state index contributed by atoms with van der Waals surface area (Å²) in [6.07, 6.45) is 3.31. The van der Waals surface area contributed by atoms with Crippen LogP contribution in [0.2, 0.25) is 0 Å². The third kappa shape index (κ3) is 6.40. The van der Waals surface area contributed by atoms with Gasteiger partial charge in [-0.1, -0.05) is 27.2 Å². The summed E-state index contributed by atoms with van der Waals surface area (Å²) in [4.78, 5) is 11.2. The molecule has 0 amide bonds. The van der Waals surface area contributed by atoms with E-state index in [2.05, 4.69) is 13.8 Å². The highest BCUT2D eigenvalue weighted by molar-refractivity contribution is 5.71. The highest BCUT2D eigenvalue weighted by Gasteiger charge is 2.37. The van der Waals surface area contributed by atoms with Gasteiger partial charge in [-0.05, 0) is 95.7 Å². The van der Waals surface area contributed by atoms with Gasteiger partial charge in [0.05, 0.1) is 13.5 Å². The molecular weight excluding hydrogens is 505 g/mol. The Hall–Kier alpha value is -3.48. The molecule has 3 aromatic carbocycles. The lowest BCUT2D eigenvalue weighted by molar-refractivity contribution is -0.137. The van der Waals surface area contributed by atoms with Crippen LogP contribution in [0.1, 0.15) is 81.4 Å². The van der Waals surface area contributed by atoms with Gasteiger partial charge in [0.2, 0.25) is 0 Å². The molecule has 2 atom stereocenters. The summed E-state index contributed by atoms with van der Waals surface area (Å²) in [5.74, 6) is -2.15. The Bertz CT molecular complexity index is 1350. The predicted molar refractivity (Wildman–Crippen MR) is 145 cm³/mol. The molecule has 1 fully saturated rings. The number of methoxy groups -OCH3 is 1. The number of carboxylic acid groups (broad SMARTS) is 1. The number of rotatable bonds is 10. The first kappa shape index (κ1) is 28.5. The molecular formula is C32H35F3O4. The van der Waals surface area contributed by atoms with Crippen LogP contribution in [-0.4, -0.2) is 18.2 Å². The van der Waals surface area contributed by atoms with Gasteiger partial charge in [-0.3, -0.25) is 4.79 Å². The van der Waals surface area contributed by atoms with Crippen LogP contribution in [0.15, 0.2) is 48.5 Å². The fourth-order valence-electron chi connectivity index (χ4n) is 5.78. The van der Waals surface area contributed by atoms with E-state index in [1.165, 1.54) is 37.4 Å². The van der Waals surface area contributed by atoms with Crippen LogP contribution >= 0.6 is 0 Å². The van der Waals surface area contributed by atoms with Crippen molar-refractivity contribution in [3.8, 4) is 22.6 Å². The van der Waals surface area contributed by atoms with Crippen molar-refractivity contribution in [2.75, 3.05) is 7.11 Å². The molecule has 4 nitrogen and oxygen atoms in total. The first-order valence-corrected chi connectivity index (χ1v) is 13.3. The highest BCUT2D eigenvalue weighted by atomic mass is 19.1. The zero-order valence-electron chi connectivity index (χ0n) is 22.8. The molecule has 7 heteroatoms. The smallest absolute Gasteiger partial charge is 0.303 e. The molecule has 0 spiro atoms. The molecule has 1 saturated carbocycles. The van der Waals surface area contributed by atoms with Crippen molar-refractivity contribution >= 4 is 5.97 Å². The Balaban J connectivity index is 1.71. The van der Waals surface area contributed by atoms with Crippen molar-refractivity contribution in [2.45, 2.75) is 71.3 Å². The van der Waals surface area contributed by atoms with Crippen LogP contribution < -0.4 is 9.47 Å². The maximum absolute atomic E-state index is 15.5. The van der Waals surface area contributed by atoms with Crippen molar-refractivity contribution in [1.82, 2.24) is 0 Å². The Morgan fingerprint density at radius 1 is 1.03 bits per heavy atom. The van der Waals surface area contributed by atoms with E-state index in [9.17, 15) is 14.3 Å². The van der Waals surface area contributed by atoms with E-state index in [0.717, 1.165) is 24.8 Å². The molecule has 0 aromatic heterocycles. The quantitative estimate of drug-likeness (QED) is 0.280. The van der Waals surface area contributed by atoms with Crippen LogP contribution in [0.25, 0.3) is 11.1 Å². The molecule has 0 saturated heterocycles. The normalized spacial score (nSPS) is 17.2. The molecule has 0 aliphatic heterocycles. The van der Waals surface area contributed by atoms with E-state index >= 15 is 8.78 Å². The maximum atomic E-state index is 15.5. The molecule has 4 rings (SSSR count). The molecule has 0 unspecified atom stereocenters. The van der Waals surface area contributed by atoms with E-state index < -0.39 is 23.4 Å². The molecule has 3 aromatic rings. The number of hydrogen-bond donors (Lipinski definition) is 1. The van der Waals surface area contributed by atoms with E-state index in [4.69, 9.17) is 9.47 Å². The monoisotopic (exact) mass is 540 g/mol. The van der Waals surface area contributed by atoms with E-state index in [1.807, 2.05) is 6.92 Å². The zero-order valence-corrected chi connectivity index (χ0v) is 22.8. The lowest BCUT2D eigenvalue weighted by Crippen LogP contribution is -2.17. The van der Waals surface area contributed by atoms with Crippen molar-refractivity contribution in [1.29, 1.82) is 0 Å². The molecule has 0 bridgehead atoms. The third-order valence-corrected chi connectivity index (χ3v) is 7.99. The average molecular weight is 541 g/mol. The largest absolute Gasteiger partial charge is 0.497 e. The summed E-state index contributed by atoms with van der Waals surface area (Å²) in [6, 6.07) is 11.7. The van der Waals surface area contributed by atoms with E-state index in [1.54, 1.807) is 18.2 Å². The summed E-state index contributed by atoms with van der Waals surface area (Å²) in [5.41, 5.74) is 2.35. The average Bonchev–Trinajstić information content (AvgIpc) is 3.24. The molecule has 0 heterocycles. The minimum Gasteiger partial charge on any atom is -0.497 e. The fourth-order valence-corrected chi connectivity index (χ4v) is 5.78. The lowest BCUT2D eigenvalue weighted by Gasteiger charge is -2.30. The first-order chi connectivity index (χ1) is 18.5. The molecule has 0 radical (unpaired) electrons. The standard InChI is InChI=1S/C32H35F3O4/c1-5-19(14-31(36)37)20-11-22(33)15-24(12-20)39-18-21-13-26(28-7-6-10-32(28,2)3)25(17-30(21)35)27-16-23(38-4)8-9-29(27)34/h8-9,11-13,15-17,19,28H,5-7,10,14,18H2,1-4H3,(H,36,37)/t19-,28-/m1/s1. The number of aliphatic carboxylic acids is 1. The maximum Gasteiger partial charge on any atom is 0.303 e. The number of carboxylic acids is 1. The Kier molecular flexibility index (Phi) is 8.57. The topological polar surface area (TPSA) is 55.8 Å². The summed E-state index contributed by atoms with van der Waals surface area (Å²) >= 11 is 0. The second-order valence-electron chi connectivity index (χ2n) is 11.0. The first-order valence-electron chi connectivity index (χ1n) is 13.3. The van der Waals surface area contributed by atoms with Crippen LogP contribution in [0.4, 0.5) is 13.2 Å². The van der Waals surface area contributed by atoms with Crippen molar-refractivity contribution in [3.05, 3.63) is 82.7 Å². The van der Waals surface area contributed by atoms with Gasteiger partial charge >= 0.3 is 5.97 Å². The lowest BCUT2D eigenvalue weighted by atomic mass is 9.75. The number of hydrogen-bond acceptors (Lipinski definition) is 3. The van der Waals surface area contributed by atoms with Gasteiger partial charge in [-0.2, -0.15) is 0 Å². The second-order valence-corrected chi connectivity index (χ2v) is 11.0. The minimum absolute atomic E-state index is 0.0587. The van der Waals surface area contributed by atoms with Gasteiger partial charge in [0.25, 0.3) is 0 Å². The Morgan fingerprint density at radius 3 is 2.44 bits per heavy atom. The summed E-state index contributed by atoms with van der Waals surface area (Å²) < 4.78 is 56.1. The Morgan fingerprint density at radius 2 is 1.79 bits per heavy atom. The molecule has 1 N–H and O–H groups in total. The molecule has 39 heavy (non-hydrogen) atoms. The van der Waals surface area contributed by atoms with Gasteiger partial charge in [-0.15, -0.1) is 0 Å². The summed E-state index contributed by atoms with van der Waals surface area (Å²) in [7, 11) is 1.50.